The monoisotopic (exact) mass is 290 g/mol. The van der Waals surface area contributed by atoms with Gasteiger partial charge in [-0.1, -0.05) is 30.3 Å². The molecule has 0 radical (unpaired) electrons. The maximum absolute atomic E-state index is 11.5. The first-order valence-electron chi connectivity index (χ1n) is 7.44. The Balaban J connectivity index is 1.50. The Morgan fingerprint density at radius 1 is 1.24 bits per heavy atom. The van der Waals surface area contributed by atoms with E-state index in [1.54, 1.807) is 0 Å². The molecule has 0 bridgehead atoms. The number of alkyl carbamates (subject to hydrolysis) is 1. The molecule has 1 aliphatic rings. The number of benzene rings is 1. The molecule has 0 aliphatic carbocycles. The lowest BCUT2D eigenvalue weighted by Gasteiger charge is -2.33. The normalized spacial score (nSPS) is 20.3. The highest BCUT2D eigenvalue weighted by atomic mass is 16.5. The lowest BCUT2D eigenvalue weighted by molar-refractivity contribution is -0.131. The van der Waals surface area contributed by atoms with Crippen LogP contribution in [0.3, 0.4) is 0 Å². The molecule has 2 rings (SSSR count). The highest BCUT2D eigenvalue weighted by molar-refractivity contribution is 5.92. The SMILES string of the molecule is C[C@H]1NC(=O)[C@H]1NC(=O)OCCCCCc1ccccc1. The zero-order valence-electron chi connectivity index (χ0n) is 12.3. The van der Waals surface area contributed by atoms with Gasteiger partial charge in [0.1, 0.15) is 6.04 Å². The molecular weight excluding hydrogens is 268 g/mol. The van der Waals surface area contributed by atoms with Crippen molar-refractivity contribution in [3.63, 3.8) is 0 Å². The van der Waals surface area contributed by atoms with Crippen LogP contribution in [0, 0.1) is 0 Å². The third-order valence-corrected chi connectivity index (χ3v) is 3.61. The van der Waals surface area contributed by atoms with Crippen LogP contribution in [0.1, 0.15) is 31.7 Å². The largest absolute Gasteiger partial charge is 0.450 e. The van der Waals surface area contributed by atoms with Crippen LogP contribution in [0.15, 0.2) is 30.3 Å². The van der Waals surface area contributed by atoms with Crippen molar-refractivity contribution in [2.75, 3.05) is 6.61 Å². The molecule has 2 N–H and O–H groups in total. The Labute approximate surface area is 125 Å². The maximum atomic E-state index is 11.5. The van der Waals surface area contributed by atoms with Gasteiger partial charge in [-0.2, -0.15) is 0 Å². The quantitative estimate of drug-likeness (QED) is 0.596. The van der Waals surface area contributed by atoms with Crippen LogP contribution in [0.5, 0.6) is 0 Å². The lowest BCUT2D eigenvalue weighted by Crippen LogP contribution is -2.67. The molecule has 114 valence electrons. The number of rotatable bonds is 7. The molecule has 0 aromatic heterocycles. The number of carbonyl (C=O) groups is 2. The first-order valence-corrected chi connectivity index (χ1v) is 7.44. The van der Waals surface area contributed by atoms with Crippen molar-refractivity contribution < 1.29 is 14.3 Å². The summed E-state index contributed by atoms with van der Waals surface area (Å²) in [7, 11) is 0. The molecule has 5 nitrogen and oxygen atoms in total. The van der Waals surface area contributed by atoms with Crippen molar-refractivity contribution in [1.82, 2.24) is 10.6 Å². The smallest absolute Gasteiger partial charge is 0.407 e. The van der Waals surface area contributed by atoms with Crippen molar-refractivity contribution in [2.45, 2.75) is 44.7 Å². The standard InChI is InChI=1S/C16H22N2O3/c1-12-14(15(19)17-12)18-16(20)21-11-7-3-6-10-13-8-4-2-5-9-13/h2,4-5,8-9,12,14H,3,6-7,10-11H2,1H3,(H,17,19)(H,18,20)/t12-,14+/m1/s1. The molecule has 0 unspecified atom stereocenters. The van der Waals surface area contributed by atoms with Gasteiger partial charge in [0.15, 0.2) is 0 Å². The summed E-state index contributed by atoms with van der Waals surface area (Å²) < 4.78 is 5.07. The fourth-order valence-electron chi connectivity index (χ4n) is 2.31. The highest BCUT2D eigenvalue weighted by Crippen LogP contribution is 2.07. The van der Waals surface area contributed by atoms with E-state index in [9.17, 15) is 9.59 Å². The predicted octanol–water partition coefficient (Wildman–Crippen LogP) is 2.01. The minimum absolute atomic E-state index is 0.0177. The molecule has 1 fully saturated rings. The molecule has 1 aliphatic heterocycles. The van der Waals surface area contributed by atoms with E-state index < -0.39 is 12.1 Å². The minimum atomic E-state index is -0.509. The number of ether oxygens (including phenoxy) is 1. The van der Waals surface area contributed by atoms with E-state index in [-0.39, 0.29) is 11.9 Å². The molecule has 21 heavy (non-hydrogen) atoms. The number of β-lactam (4-membered cyclic amide) rings is 1. The number of carbonyl (C=O) groups excluding carboxylic acids is 2. The van der Waals surface area contributed by atoms with E-state index in [0.29, 0.717) is 6.61 Å². The van der Waals surface area contributed by atoms with Gasteiger partial charge in [0.25, 0.3) is 0 Å². The van der Waals surface area contributed by atoms with Crippen LogP contribution in [0.2, 0.25) is 0 Å². The average molecular weight is 290 g/mol. The van der Waals surface area contributed by atoms with Crippen LogP contribution >= 0.6 is 0 Å². The summed E-state index contributed by atoms with van der Waals surface area (Å²) in [6.07, 6.45) is 3.48. The number of amides is 2. The summed E-state index contributed by atoms with van der Waals surface area (Å²) in [5, 5.41) is 5.21. The number of unbranched alkanes of at least 4 members (excludes halogenated alkanes) is 2. The molecule has 1 aromatic rings. The van der Waals surface area contributed by atoms with Crippen LogP contribution < -0.4 is 10.6 Å². The van der Waals surface area contributed by atoms with Gasteiger partial charge in [-0.3, -0.25) is 4.79 Å². The molecule has 1 heterocycles. The van der Waals surface area contributed by atoms with Crippen LogP contribution in [-0.2, 0) is 16.0 Å². The third kappa shape index (κ3) is 4.77. The summed E-state index contributed by atoms with van der Waals surface area (Å²) in [4.78, 5) is 22.6. The number of aryl methyl sites for hydroxylation is 1. The topological polar surface area (TPSA) is 67.4 Å². The average Bonchev–Trinajstić information content (AvgIpc) is 2.49. The molecular formula is C16H22N2O3. The van der Waals surface area contributed by atoms with Gasteiger partial charge >= 0.3 is 6.09 Å². The summed E-state index contributed by atoms with van der Waals surface area (Å²) >= 11 is 0. The fraction of sp³-hybridized carbons (Fsp3) is 0.500. The molecule has 5 heteroatoms. The Morgan fingerprint density at radius 3 is 2.67 bits per heavy atom. The van der Waals surface area contributed by atoms with Crippen molar-refractivity contribution >= 4 is 12.0 Å². The van der Waals surface area contributed by atoms with E-state index in [1.807, 2.05) is 25.1 Å². The Morgan fingerprint density at radius 2 is 2.00 bits per heavy atom. The molecule has 1 aromatic carbocycles. The Kier molecular flexibility index (Phi) is 5.60. The zero-order valence-corrected chi connectivity index (χ0v) is 12.3. The van der Waals surface area contributed by atoms with Crippen molar-refractivity contribution in [2.24, 2.45) is 0 Å². The Bertz CT molecular complexity index is 476. The first kappa shape index (κ1) is 15.4. The summed E-state index contributed by atoms with van der Waals surface area (Å²) in [5.41, 5.74) is 1.33. The van der Waals surface area contributed by atoms with Crippen LogP contribution in [-0.4, -0.2) is 30.7 Å². The van der Waals surface area contributed by atoms with Gasteiger partial charge in [-0.15, -0.1) is 0 Å². The molecule has 1 saturated heterocycles. The van der Waals surface area contributed by atoms with Crippen LogP contribution in [0.25, 0.3) is 0 Å². The molecule has 2 amide bonds. The minimum Gasteiger partial charge on any atom is -0.450 e. The van der Waals surface area contributed by atoms with Crippen LogP contribution in [0.4, 0.5) is 4.79 Å². The van der Waals surface area contributed by atoms with Gasteiger partial charge in [0.05, 0.1) is 12.6 Å². The van der Waals surface area contributed by atoms with E-state index in [2.05, 4.69) is 22.8 Å². The lowest BCUT2D eigenvalue weighted by atomic mass is 10.0. The van der Waals surface area contributed by atoms with E-state index in [4.69, 9.17) is 4.74 Å². The van der Waals surface area contributed by atoms with E-state index in [0.717, 1.165) is 25.7 Å². The second-order valence-corrected chi connectivity index (χ2v) is 5.35. The van der Waals surface area contributed by atoms with Gasteiger partial charge in [0, 0.05) is 0 Å². The maximum Gasteiger partial charge on any atom is 0.407 e. The fourth-order valence-corrected chi connectivity index (χ4v) is 2.31. The number of hydrogen-bond donors (Lipinski definition) is 2. The Hall–Kier alpha value is -2.04. The van der Waals surface area contributed by atoms with Crippen molar-refractivity contribution in [3.05, 3.63) is 35.9 Å². The predicted molar refractivity (Wildman–Crippen MR) is 79.9 cm³/mol. The van der Waals surface area contributed by atoms with Crippen molar-refractivity contribution in [3.8, 4) is 0 Å². The summed E-state index contributed by atoms with van der Waals surface area (Å²) in [6.45, 7) is 2.24. The molecule has 0 saturated carbocycles. The van der Waals surface area contributed by atoms with Crippen molar-refractivity contribution in [1.29, 1.82) is 0 Å². The first-order chi connectivity index (χ1) is 10.2. The van der Waals surface area contributed by atoms with Gasteiger partial charge in [-0.25, -0.2) is 4.79 Å². The molecule has 0 spiro atoms. The summed E-state index contributed by atoms with van der Waals surface area (Å²) in [5.74, 6) is -0.151. The zero-order chi connectivity index (χ0) is 15.1. The second-order valence-electron chi connectivity index (χ2n) is 5.35. The highest BCUT2D eigenvalue weighted by Gasteiger charge is 2.37. The number of nitrogens with one attached hydrogen (secondary N) is 2. The van der Waals surface area contributed by atoms with Gasteiger partial charge in [0.2, 0.25) is 5.91 Å². The van der Waals surface area contributed by atoms with E-state index >= 15 is 0 Å². The van der Waals surface area contributed by atoms with Gasteiger partial charge in [-0.05, 0) is 38.2 Å². The number of hydrogen-bond acceptors (Lipinski definition) is 3. The van der Waals surface area contributed by atoms with Gasteiger partial charge < -0.3 is 15.4 Å². The molecule has 2 atom stereocenters. The van der Waals surface area contributed by atoms with E-state index in [1.165, 1.54) is 5.56 Å². The third-order valence-electron chi connectivity index (χ3n) is 3.61. The second kappa shape index (κ2) is 7.67. The summed E-state index contributed by atoms with van der Waals surface area (Å²) in [6, 6.07) is 9.87.